The minimum atomic E-state index is -0.852. The summed E-state index contributed by atoms with van der Waals surface area (Å²) in [6.45, 7) is 2.39. The number of carbonyl (C=O) groups excluding carboxylic acids is 1. The second-order valence-corrected chi connectivity index (χ2v) is 7.52. The van der Waals surface area contributed by atoms with E-state index in [1.165, 1.54) is 12.8 Å². The number of carboxylic acids is 1. The summed E-state index contributed by atoms with van der Waals surface area (Å²) in [5.74, 6) is -0.475. The number of amides is 1. The predicted octanol–water partition coefficient (Wildman–Crippen LogP) is 2.83. The van der Waals surface area contributed by atoms with Gasteiger partial charge in [0.15, 0.2) is 0 Å². The Balaban J connectivity index is 1.62. The number of rotatable bonds is 4. The number of likely N-dealkylation sites (tertiary alicyclic amines) is 1. The van der Waals surface area contributed by atoms with Crippen LogP contribution in [0.3, 0.4) is 0 Å². The van der Waals surface area contributed by atoms with Gasteiger partial charge in [-0.2, -0.15) is 0 Å². The summed E-state index contributed by atoms with van der Waals surface area (Å²) in [5.41, 5.74) is 0. The van der Waals surface area contributed by atoms with Crippen molar-refractivity contribution < 1.29 is 19.4 Å². The van der Waals surface area contributed by atoms with Crippen LogP contribution in [0.15, 0.2) is 0 Å². The number of hydrogen-bond donors (Lipinski definition) is 1. The van der Waals surface area contributed by atoms with Crippen LogP contribution in [0.1, 0.15) is 64.7 Å². The average Bonchev–Trinajstić information content (AvgIpc) is 3.00. The summed E-state index contributed by atoms with van der Waals surface area (Å²) in [7, 11) is 0. The second-order valence-electron chi connectivity index (χ2n) is 7.52. The normalized spacial score (nSPS) is 33.3. The Morgan fingerprint density at radius 2 is 1.74 bits per heavy atom. The average molecular weight is 323 g/mol. The fourth-order valence-corrected chi connectivity index (χ4v) is 4.81. The van der Waals surface area contributed by atoms with Gasteiger partial charge in [0.05, 0.1) is 6.10 Å². The maximum Gasteiger partial charge on any atom is 0.326 e. The minimum absolute atomic E-state index is 0.129. The Kier molecular flexibility index (Phi) is 5.24. The number of carbonyl (C=O) groups is 2. The van der Waals surface area contributed by atoms with E-state index in [1.807, 2.05) is 0 Å². The van der Waals surface area contributed by atoms with Crippen LogP contribution >= 0.6 is 0 Å². The third-order valence-electron chi connectivity index (χ3n) is 5.97. The van der Waals surface area contributed by atoms with Gasteiger partial charge in [0.1, 0.15) is 12.1 Å². The molecule has 5 heteroatoms. The Bertz CT molecular complexity index is 444. The van der Waals surface area contributed by atoms with E-state index in [4.69, 9.17) is 4.74 Å². The van der Waals surface area contributed by atoms with E-state index in [-0.39, 0.29) is 17.9 Å². The van der Waals surface area contributed by atoms with Crippen LogP contribution in [-0.4, -0.2) is 46.7 Å². The molecule has 1 amide bonds. The van der Waals surface area contributed by atoms with Crippen molar-refractivity contribution in [2.24, 2.45) is 11.8 Å². The monoisotopic (exact) mass is 323 g/mol. The molecule has 3 rings (SSSR count). The molecule has 1 heterocycles. The van der Waals surface area contributed by atoms with Gasteiger partial charge in [0.25, 0.3) is 5.91 Å². The molecule has 23 heavy (non-hydrogen) atoms. The van der Waals surface area contributed by atoms with Gasteiger partial charge in [-0.05, 0) is 44.4 Å². The first-order chi connectivity index (χ1) is 11.1. The number of ether oxygens (including phenoxy) is 1. The van der Waals surface area contributed by atoms with Crippen LogP contribution in [0.25, 0.3) is 0 Å². The van der Waals surface area contributed by atoms with Gasteiger partial charge < -0.3 is 14.7 Å². The molecule has 1 aliphatic heterocycles. The van der Waals surface area contributed by atoms with Gasteiger partial charge in [-0.25, -0.2) is 4.79 Å². The van der Waals surface area contributed by atoms with Crippen molar-refractivity contribution in [1.29, 1.82) is 0 Å². The Morgan fingerprint density at radius 1 is 1.04 bits per heavy atom. The van der Waals surface area contributed by atoms with Crippen molar-refractivity contribution in [3.63, 3.8) is 0 Å². The molecule has 0 radical (unpaired) electrons. The second kappa shape index (κ2) is 7.20. The van der Waals surface area contributed by atoms with Crippen LogP contribution in [0.5, 0.6) is 0 Å². The molecule has 0 bridgehead atoms. The number of nitrogens with zero attached hydrogens (tertiary/aromatic N) is 1. The molecule has 3 aliphatic rings. The van der Waals surface area contributed by atoms with Gasteiger partial charge in [0.2, 0.25) is 0 Å². The van der Waals surface area contributed by atoms with Crippen molar-refractivity contribution in [2.45, 2.75) is 83.0 Å². The highest BCUT2D eigenvalue weighted by molar-refractivity contribution is 5.87. The molecule has 0 aromatic carbocycles. The Hall–Kier alpha value is -1.10. The lowest BCUT2D eigenvalue weighted by Gasteiger charge is -2.29. The lowest BCUT2D eigenvalue weighted by molar-refractivity contribution is -0.156. The maximum atomic E-state index is 12.8. The van der Waals surface area contributed by atoms with Crippen LogP contribution in [0, 0.1) is 11.8 Å². The van der Waals surface area contributed by atoms with Crippen molar-refractivity contribution in [1.82, 2.24) is 4.90 Å². The van der Waals surface area contributed by atoms with E-state index < -0.39 is 18.1 Å². The molecule has 1 saturated heterocycles. The van der Waals surface area contributed by atoms with E-state index in [2.05, 4.69) is 0 Å². The molecule has 2 saturated carbocycles. The van der Waals surface area contributed by atoms with Crippen LogP contribution in [0.2, 0.25) is 0 Å². The Morgan fingerprint density at radius 3 is 2.39 bits per heavy atom. The van der Waals surface area contributed by atoms with Gasteiger partial charge >= 0.3 is 5.97 Å². The molecule has 130 valence electrons. The standard InChI is InChI=1S/C18H29NO4/c1-12(23-14-8-4-2-3-5-9-14)17(20)19-11-13-7-6-10-15(13)16(19)18(21)22/h12-16H,2-11H2,1H3,(H,21,22). The van der Waals surface area contributed by atoms with Crippen molar-refractivity contribution in [3.05, 3.63) is 0 Å². The smallest absolute Gasteiger partial charge is 0.326 e. The molecule has 2 aliphatic carbocycles. The first-order valence-corrected chi connectivity index (χ1v) is 9.26. The highest BCUT2D eigenvalue weighted by atomic mass is 16.5. The van der Waals surface area contributed by atoms with Crippen LogP contribution < -0.4 is 0 Å². The van der Waals surface area contributed by atoms with Gasteiger partial charge in [-0.15, -0.1) is 0 Å². The Labute approximate surface area is 138 Å². The SMILES string of the molecule is CC(OC1CCCCCC1)C(=O)N1CC2CCCC2C1C(=O)O. The van der Waals surface area contributed by atoms with E-state index in [0.717, 1.165) is 44.9 Å². The maximum absolute atomic E-state index is 12.8. The summed E-state index contributed by atoms with van der Waals surface area (Å²) in [4.78, 5) is 26.1. The first-order valence-electron chi connectivity index (χ1n) is 9.26. The number of hydrogen-bond acceptors (Lipinski definition) is 3. The predicted molar refractivity (Wildman–Crippen MR) is 86.0 cm³/mol. The van der Waals surface area contributed by atoms with E-state index in [0.29, 0.717) is 12.5 Å². The topological polar surface area (TPSA) is 66.8 Å². The van der Waals surface area contributed by atoms with Crippen molar-refractivity contribution in [2.75, 3.05) is 6.54 Å². The highest BCUT2D eigenvalue weighted by Crippen LogP contribution is 2.42. The third-order valence-corrected chi connectivity index (χ3v) is 5.97. The van der Waals surface area contributed by atoms with E-state index in [1.54, 1.807) is 11.8 Å². The van der Waals surface area contributed by atoms with Gasteiger partial charge in [-0.1, -0.05) is 32.1 Å². The molecule has 5 nitrogen and oxygen atoms in total. The number of fused-ring (bicyclic) bond motifs is 1. The molecular formula is C18H29NO4. The summed E-state index contributed by atoms with van der Waals surface area (Å²) < 4.78 is 6.01. The first kappa shape index (κ1) is 16.7. The fourth-order valence-electron chi connectivity index (χ4n) is 4.81. The summed E-state index contributed by atoms with van der Waals surface area (Å²) in [5, 5.41) is 9.59. The lowest BCUT2D eigenvalue weighted by atomic mass is 9.94. The van der Waals surface area contributed by atoms with Gasteiger partial charge in [-0.3, -0.25) is 4.79 Å². The van der Waals surface area contributed by atoms with Crippen molar-refractivity contribution in [3.8, 4) is 0 Å². The number of carboxylic acid groups (broad SMARTS) is 1. The van der Waals surface area contributed by atoms with E-state index >= 15 is 0 Å². The summed E-state index contributed by atoms with van der Waals surface area (Å²) >= 11 is 0. The zero-order chi connectivity index (χ0) is 16.4. The summed E-state index contributed by atoms with van der Waals surface area (Å²) in [6.07, 6.45) is 9.57. The zero-order valence-electron chi connectivity index (χ0n) is 14.1. The zero-order valence-corrected chi connectivity index (χ0v) is 14.1. The van der Waals surface area contributed by atoms with E-state index in [9.17, 15) is 14.7 Å². The molecule has 1 N–H and O–H groups in total. The largest absolute Gasteiger partial charge is 0.480 e. The molecule has 4 atom stereocenters. The minimum Gasteiger partial charge on any atom is -0.480 e. The third kappa shape index (κ3) is 3.54. The van der Waals surface area contributed by atoms with Gasteiger partial charge in [0, 0.05) is 6.54 Å². The molecule has 3 fully saturated rings. The molecule has 0 aromatic rings. The van der Waals surface area contributed by atoms with Crippen LogP contribution in [0.4, 0.5) is 0 Å². The fraction of sp³-hybridized carbons (Fsp3) is 0.889. The quantitative estimate of drug-likeness (QED) is 0.808. The molecular weight excluding hydrogens is 294 g/mol. The molecule has 4 unspecified atom stereocenters. The number of aliphatic carboxylic acids is 1. The van der Waals surface area contributed by atoms with Crippen LogP contribution in [-0.2, 0) is 14.3 Å². The highest BCUT2D eigenvalue weighted by Gasteiger charge is 2.50. The van der Waals surface area contributed by atoms with Crippen molar-refractivity contribution >= 4 is 11.9 Å². The molecule has 0 spiro atoms. The summed E-state index contributed by atoms with van der Waals surface area (Å²) in [6, 6.07) is -0.643. The lowest BCUT2D eigenvalue weighted by Crippen LogP contribution is -2.48. The molecule has 0 aromatic heterocycles.